The lowest BCUT2D eigenvalue weighted by Gasteiger charge is -2.09. The Bertz CT molecular complexity index is 677. The largest absolute Gasteiger partial charge is 0.398 e. The monoisotopic (exact) mass is 315 g/mol. The van der Waals surface area contributed by atoms with Crippen LogP contribution in [0, 0.1) is 11.3 Å². The Morgan fingerprint density at radius 2 is 1.95 bits per heavy atom. The van der Waals surface area contributed by atoms with Crippen LogP contribution >= 0.6 is 15.9 Å². The van der Waals surface area contributed by atoms with Crippen molar-refractivity contribution in [2.45, 2.75) is 0 Å². The van der Waals surface area contributed by atoms with Gasteiger partial charge in [0.1, 0.15) is 6.07 Å². The van der Waals surface area contributed by atoms with Crippen molar-refractivity contribution in [2.24, 2.45) is 0 Å². The molecule has 2 aromatic rings. The Morgan fingerprint density at radius 3 is 2.68 bits per heavy atom. The number of hydrogen-bond acceptors (Lipinski definition) is 3. The standard InChI is InChI=1S/C14H10BrN3O/c15-13-10(5-3-6-11(13)17)14(19)18-12-7-2-1-4-9(12)8-16/h1-7H,17H2,(H,18,19). The minimum atomic E-state index is -0.318. The van der Waals surface area contributed by atoms with E-state index >= 15 is 0 Å². The van der Waals surface area contributed by atoms with Crippen molar-refractivity contribution in [1.82, 2.24) is 0 Å². The highest BCUT2D eigenvalue weighted by molar-refractivity contribution is 9.10. The average Bonchev–Trinajstić information content (AvgIpc) is 2.42. The number of halogens is 1. The molecule has 94 valence electrons. The van der Waals surface area contributed by atoms with E-state index in [1.54, 1.807) is 42.5 Å². The maximum absolute atomic E-state index is 12.1. The number of nitriles is 1. The van der Waals surface area contributed by atoms with Crippen LogP contribution in [-0.2, 0) is 0 Å². The predicted molar refractivity (Wildman–Crippen MR) is 77.7 cm³/mol. The summed E-state index contributed by atoms with van der Waals surface area (Å²) >= 11 is 3.28. The van der Waals surface area contributed by atoms with Gasteiger partial charge in [0.2, 0.25) is 0 Å². The summed E-state index contributed by atoms with van der Waals surface area (Å²) in [5, 5.41) is 11.7. The third-order valence-corrected chi connectivity index (χ3v) is 3.45. The molecule has 0 unspecified atom stereocenters. The van der Waals surface area contributed by atoms with E-state index < -0.39 is 0 Å². The van der Waals surface area contributed by atoms with Gasteiger partial charge in [0.05, 0.1) is 21.3 Å². The Labute approximate surface area is 119 Å². The zero-order valence-corrected chi connectivity index (χ0v) is 11.4. The quantitative estimate of drug-likeness (QED) is 0.835. The third-order valence-electron chi connectivity index (χ3n) is 2.57. The number of carbonyl (C=O) groups excluding carboxylic acids is 1. The first-order valence-electron chi connectivity index (χ1n) is 5.48. The molecule has 1 amide bonds. The fourth-order valence-corrected chi connectivity index (χ4v) is 2.05. The van der Waals surface area contributed by atoms with Gasteiger partial charge in [0.15, 0.2) is 0 Å². The van der Waals surface area contributed by atoms with Crippen molar-refractivity contribution in [2.75, 3.05) is 11.1 Å². The molecule has 19 heavy (non-hydrogen) atoms. The highest BCUT2D eigenvalue weighted by Gasteiger charge is 2.13. The second kappa shape index (κ2) is 5.55. The lowest BCUT2D eigenvalue weighted by molar-refractivity contribution is 0.102. The van der Waals surface area contributed by atoms with Crippen molar-refractivity contribution < 1.29 is 4.79 Å². The number of benzene rings is 2. The average molecular weight is 316 g/mol. The predicted octanol–water partition coefficient (Wildman–Crippen LogP) is 3.16. The molecule has 2 aromatic carbocycles. The first kappa shape index (κ1) is 13.1. The van der Waals surface area contributed by atoms with Crippen LogP contribution in [0.4, 0.5) is 11.4 Å². The number of amides is 1. The lowest BCUT2D eigenvalue weighted by atomic mass is 10.1. The molecule has 0 aromatic heterocycles. The van der Waals surface area contributed by atoms with Crippen LogP contribution in [-0.4, -0.2) is 5.91 Å². The third kappa shape index (κ3) is 2.75. The van der Waals surface area contributed by atoms with Gasteiger partial charge in [-0.15, -0.1) is 0 Å². The van der Waals surface area contributed by atoms with Crippen molar-refractivity contribution >= 4 is 33.2 Å². The van der Waals surface area contributed by atoms with Crippen LogP contribution in [0.3, 0.4) is 0 Å². The Hall–Kier alpha value is -2.32. The van der Waals surface area contributed by atoms with E-state index in [0.717, 1.165) is 0 Å². The minimum absolute atomic E-state index is 0.318. The van der Waals surface area contributed by atoms with Gasteiger partial charge in [-0.3, -0.25) is 4.79 Å². The maximum atomic E-state index is 12.1. The van der Waals surface area contributed by atoms with Crippen LogP contribution in [0.5, 0.6) is 0 Å². The molecule has 0 fully saturated rings. The van der Waals surface area contributed by atoms with E-state index in [4.69, 9.17) is 11.0 Å². The summed E-state index contributed by atoms with van der Waals surface area (Å²) in [5.74, 6) is -0.318. The molecule has 0 bridgehead atoms. The minimum Gasteiger partial charge on any atom is -0.398 e. The van der Waals surface area contributed by atoms with Crippen LogP contribution in [0.2, 0.25) is 0 Å². The van der Waals surface area contributed by atoms with Gasteiger partial charge in [-0.05, 0) is 40.2 Å². The molecule has 0 aliphatic carbocycles. The highest BCUT2D eigenvalue weighted by atomic mass is 79.9. The molecule has 0 saturated heterocycles. The summed E-state index contributed by atoms with van der Waals surface area (Å²) in [4.78, 5) is 12.1. The van der Waals surface area contributed by atoms with E-state index in [2.05, 4.69) is 21.2 Å². The van der Waals surface area contributed by atoms with Gasteiger partial charge in [-0.2, -0.15) is 5.26 Å². The van der Waals surface area contributed by atoms with Crippen molar-refractivity contribution in [1.29, 1.82) is 5.26 Å². The van der Waals surface area contributed by atoms with E-state index in [-0.39, 0.29) is 5.91 Å². The fraction of sp³-hybridized carbons (Fsp3) is 0. The molecule has 0 aliphatic heterocycles. The van der Waals surface area contributed by atoms with Crippen molar-refractivity contribution in [3.8, 4) is 6.07 Å². The molecule has 0 heterocycles. The first-order valence-corrected chi connectivity index (χ1v) is 6.27. The number of nitrogens with zero attached hydrogens (tertiary/aromatic N) is 1. The molecule has 5 heteroatoms. The Morgan fingerprint density at radius 1 is 1.21 bits per heavy atom. The van der Waals surface area contributed by atoms with Crippen LogP contribution in [0.25, 0.3) is 0 Å². The first-order chi connectivity index (χ1) is 9.13. The number of hydrogen-bond donors (Lipinski definition) is 2. The maximum Gasteiger partial charge on any atom is 0.256 e. The summed E-state index contributed by atoms with van der Waals surface area (Å²) < 4.78 is 0.543. The number of carbonyl (C=O) groups is 1. The number of nitrogen functional groups attached to an aromatic ring is 1. The molecule has 3 N–H and O–H groups in total. The molecule has 4 nitrogen and oxygen atoms in total. The number of nitrogens with two attached hydrogens (primary N) is 1. The molecule has 2 rings (SSSR count). The topological polar surface area (TPSA) is 78.9 Å². The van der Waals surface area contributed by atoms with E-state index in [9.17, 15) is 4.79 Å². The normalized spacial score (nSPS) is 9.68. The van der Waals surface area contributed by atoms with E-state index in [1.165, 1.54) is 0 Å². The summed E-state index contributed by atoms with van der Waals surface area (Å²) in [6.45, 7) is 0. The Kier molecular flexibility index (Phi) is 3.83. The van der Waals surface area contributed by atoms with Crippen LogP contribution in [0.1, 0.15) is 15.9 Å². The summed E-state index contributed by atoms with van der Waals surface area (Å²) in [5.41, 5.74) is 7.53. The van der Waals surface area contributed by atoms with Crippen LogP contribution < -0.4 is 11.1 Å². The van der Waals surface area contributed by atoms with Crippen LogP contribution in [0.15, 0.2) is 46.9 Å². The van der Waals surface area contributed by atoms with Crippen molar-refractivity contribution in [3.63, 3.8) is 0 Å². The molecular weight excluding hydrogens is 306 g/mol. The summed E-state index contributed by atoms with van der Waals surface area (Å²) in [6.07, 6.45) is 0. The summed E-state index contributed by atoms with van der Waals surface area (Å²) in [7, 11) is 0. The van der Waals surface area contributed by atoms with Gasteiger partial charge in [0.25, 0.3) is 5.91 Å². The van der Waals surface area contributed by atoms with Gasteiger partial charge in [0, 0.05) is 5.69 Å². The fourth-order valence-electron chi connectivity index (χ4n) is 1.60. The molecule has 0 radical (unpaired) electrons. The van der Waals surface area contributed by atoms with Gasteiger partial charge in [-0.1, -0.05) is 18.2 Å². The van der Waals surface area contributed by atoms with Gasteiger partial charge in [-0.25, -0.2) is 0 Å². The van der Waals surface area contributed by atoms with Gasteiger partial charge >= 0.3 is 0 Å². The van der Waals surface area contributed by atoms with Gasteiger partial charge < -0.3 is 11.1 Å². The lowest BCUT2D eigenvalue weighted by Crippen LogP contribution is -2.14. The second-order valence-corrected chi connectivity index (χ2v) is 4.61. The molecule has 0 spiro atoms. The number of anilines is 2. The Balaban J connectivity index is 2.32. The summed E-state index contributed by atoms with van der Waals surface area (Å²) in [6, 6.07) is 13.9. The molecular formula is C14H10BrN3O. The zero-order chi connectivity index (χ0) is 13.8. The van der Waals surface area contributed by atoms with E-state index in [1.807, 2.05) is 6.07 Å². The highest BCUT2D eigenvalue weighted by Crippen LogP contribution is 2.25. The number of nitrogens with one attached hydrogen (secondary N) is 1. The number of para-hydroxylation sites is 1. The molecule has 0 aliphatic rings. The van der Waals surface area contributed by atoms with Crippen molar-refractivity contribution in [3.05, 3.63) is 58.1 Å². The number of rotatable bonds is 2. The smallest absolute Gasteiger partial charge is 0.256 e. The SMILES string of the molecule is N#Cc1ccccc1NC(=O)c1cccc(N)c1Br. The second-order valence-electron chi connectivity index (χ2n) is 3.82. The molecule has 0 atom stereocenters. The van der Waals surface area contributed by atoms with E-state index in [0.29, 0.717) is 27.0 Å². The molecule has 0 saturated carbocycles. The zero-order valence-electron chi connectivity index (χ0n) is 9.85.